The number of halogens is 4. The summed E-state index contributed by atoms with van der Waals surface area (Å²) in [5.41, 5.74) is 2.34. The van der Waals surface area contributed by atoms with Crippen LogP contribution in [0, 0.1) is 5.82 Å². The minimum absolute atomic E-state index is 0.0717. The minimum atomic E-state index is -5.08. The number of carbonyl (C=O) groups excluding carboxylic acids is 1. The Morgan fingerprint density at radius 3 is 2.12 bits per heavy atom. The minimum Gasteiger partial charge on any atom is -0.475 e. The molecule has 0 saturated carbocycles. The molecule has 2 aliphatic rings. The third kappa shape index (κ3) is 5.71. The van der Waals surface area contributed by atoms with Crippen molar-refractivity contribution >= 4 is 11.9 Å². The van der Waals surface area contributed by atoms with Crippen LogP contribution in [-0.2, 0) is 16.1 Å². The summed E-state index contributed by atoms with van der Waals surface area (Å²) in [7, 11) is 1.97. The van der Waals surface area contributed by atoms with E-state index in [4.69, 9.17) is 9.90 Å². The highest BCUT2D eigenvalue weighted by Crippen LogP contribution is 2.48. The van der Waals surface area contributed by atoms with Crippen LogP contribution in [0.3, 0.4) is 0 Å². The first-order chi connectivity index (χ1) is 15.5. The summed E-state index contributed by atoms with van der Waals surface area (Å²) in [6, 6.07) is 17.2. The Morgan fingerprint density at radius 1 is 1.06 bits per heavy atom. The average Bonchev–Trinajstić information content (AvgIpc) is 3.02. The van der Waals surface area contributed by atoms with Gasteiger partial charge in [-0.15, -0.1) is 0 Å². The number of carbonyl (C=O) groups is 2. The zero-order valence-electron chi connectivity index (χ0n) is 18.2. The van der Waals surface area contributed by atoms with Crippen LogP contribution < -0.4 is 0 Å². The van der Waals surface area contributed by atoms with Crippen molar-refractivity contribution in [2.45, 2.75) is 43.4 Å². The Bertz CT molecular complexity index is 956. The number of carboxylic acid groups (broad SMARTS) is 1. The van der Waals surface area contributed by atoms with Crippen molar-refractivity contribution in [2.75, 3.05) is 20.1 Å². The van der Waals surface area contributed by atoms with Crippen molar-refractivity contribution in [1.29, 1.82) is 0 Å². The van der Waals surface area contributed by atoms with E-state index in [0.717, 1.165) is 38.0 Å². The summed E-state index contributed by atoms with van der Waals surface area (Å²) in [6.07, 6.45) is -2.51. The first-order valence-corrected chi connectivity index (χ1v) is 10.6. The van der Waals surface area contributed by atoms with Gasteiger partial charge in [0, 0.05) is 39.0 Å². The van der Waals surface area contributed by atoms with E-state index in [1.807, 2.05) is 30.1 Å². The standard InChI is InChI=1S/C22H25FN2O.C2HF3O2/c1-24-21(26)15-20(18-5-3-2-4-6-18)22(24)11-13-25(14-12-22)16-17-7-9-19(23)10-8-17;3-2(4,5)1(6)7/h2-10,20H,11-16H2,1H3;(H,6,7). The Hall–Kier alpha value is -2.94. The molecule has 178 valence electrons. The molecule has 2 heterocycles. The van der Waals surface area contributed by atoms with Crippen molar-refractivity contribution in [3.63, 3.8) is 0 Å². The number of amides is 1. The Labute approximate surface area is 189 Å². The molecule has 2 aromatic rings. The third-order valence-electron chi connectivity index (χ3n) is 6.56. The maximum absolute atomic E-state index is 13.1. The second-order valence-electron chi connectivity index (χ2n) is 8.43. The van der Waals surface area contributed by atoms with E-state index >= 15 is 0 Å². The number of likely N-dealkylation sites (N-methyl/N-ethyl adjacent to an activating group) is 1. The molecule has 0 aliphatic carbocycles. The van der Waals surface area contributed by atoms with E-state index in [1.54, 1.807) is 0 Å². The number of nitrogens with zero attached hydrogens (tertiary/aromatic N) is 2. The highest BCUT2D eigenvalue weighted by Gasteiger charge is 2.52. The van der Waals surface area contributed by atoms with E-state index < -0.39 is 12.1 Å². The number of carboxylic acids is 1. The Kier molecular flexibility index (Phi) is 7.41. The predicted molar refractivity (Wildman–Crippen MR) is 114 cm³/mol. The number of rotatable bonds is 3. The van der Waals surface area contributed by atoms with Gasteiger partial charge in [0.1, 0.15) is 5.82 Å². The van der Waals surface area contributed by atoms with E-state index in [0.29, 0.717) is 6.42 Å². The average molecular weight is 466 g/mol. The molecule has 0 radical (unpaired) electrons. The Balaban J connectivity index is 0.000000383. The quantitative estimate of drug-likeness (QED) is 0.680. The number of aliphatic carboxylic acids is 1. The molecule has 2 fully saturated rings. The molecular formula is C24H26F4N2O3. The van der Waals surface area contributed by atoms with Crippen LogP contribution in [0.25, 0.3) is 0 Å². The normalized spacial score (nSPS) is 20.5. The van der Waals surface area contributed by atoms with Crippen LogP contribution in [0.1, 0.15) is 36.3 Å². The van der Waals surface area contributed by atoms with E-state index in [2.05, 4.69) is 29.2 Å². The highest BCUT2D eigenvalue weighted by atomic mass is 19.4. The van der Waals surface area contributed by atoms with Crippen LogP contribution in [-0.4, -0.2) is 58.6 Å². The number of likely N-dealkylation sites (tertiary alicyclic amines) is 2. The van der Waals surface area contributed by atoms with Gasteiger partial charge in [-0.3, -0.25) is 9.69 Å². The van der Waals surface area contributed by atoms with Crippen molar-refractivity contribution < 1.29 is 32.3 Å². The molecular weight excluding hydrogens is 440 g/mol. The molecule has 1 N–H and O–H groups in total. The number of alkyl halides is 3. The van der Waals surface area contributed by atoms with Gasteiger partial charge in [0.15, 0.2) is 0 Å². The van der Waals surface area contributed by atoms with Crippen LogP contribution in [0.4, 0.5) is 17.6 Å². The SMILES string of the molecule is CN1C(=O)CC(c2ccccc2)C12CCN(Cc1ccc(F)cc1)CC2.O=C(O)C(F)(F)F. The largest absolute Gasteiger partial charge is 0.490 e. The lowest BCUT2D eigenvalue weighted by Gasteiger charge is -2.47. The summed E-state index contributed by atoms with van der Waals surface area (Å²) < 4.78 is 44.8. The van der Waals surface area contributed by atoms with Crippen molar-refractivity contribution in [3.8, 4) is 0 Å². The molecule has 2 aliphatic heterocycles. The summed E-state index contributed by atoms with van der Waals surface area (Å²) in [5, 5.41) is 7.12. The van der Waals surface area contributed by atoms with Gasteiger partial charge >= 0.3 is 12.1 Å². The predicted octanol–water partition coefficient (Wildman–Crippen LogP) is 4.44. The zero-order chi connectivity index (χ0) is 24.2. The number of benzene rings is 2. The summed E-state index contributed by atoms with van der Waals surface area (Å²) >= 11 is 0. The van der Waals surface area contributed by atoms with Crippen molar-refractivity contribution in [3.05, 3.63) is 71.5 Å². The van der Waals surface area contributed by atoms with Crippen LogP contribution >= 0.6 is 0 Å². The molecule has 5 nitrogen and oxygen atoms in total. The van der Waals surface area contributed by atoms with Crippen molar-refractivity contribution in [1.82, 2.24) is 9.80 Å². The topological polar surface area (TPSA) is 60.9 Å². The molecule has 1 unspecified atom stereocenters. The first kappa shape index (κ1) is 24.7. The smallest absolute Gasteiger partial charge is 0.475 e. The Morgan fingerprint density at radius 2 is 1.61 bits per heavy atom. The molecule has 1 spiro atoms. The van der Waals surface area contributed by atoms with Gasteiger partial charge in [-0.05, 0) is 36.1 Å². The van der Waals surface area contributed by atoms with Gasteiger partial charge in [0.2, 0.25) is 5.91 Å². The molecule has 1 amide bonds. The van der Waals surface area contributed by atoms with Gasteiger partial charge in [-0.1, -0.05) is 42.5 Å². The van der Waals surface area contributed by atoms with Gasteiger partial charge < -0.3 is 10.0 Å². The fourth-order valence-corrected chi connectivity index (χ4v) is 4.73. The second kappa shape index (κ2) is 9.91. The van der Waals surface area contributed by atoms with E-state index in [1.165, 1.54) is 17.7 Å². The van der Waals surface area contributed by atoms with Gasteiger partial charge in [0.25, 0.3) is 0 Å². The van der Waals surface area contributed by atoms with Gasteiger partial charge in [0.05, 0.1) is 5.54 Å². The monoisotopic (exact) mass is 466 g/mol. The molecule has 0 aromatic heterocycles. The maximum Gasteiger partial charge on any atom is 0.490 e. The molecule has 2 saturated heterocycles. The van der Waals surface area contributed by atoms with Crippen molar-refractivity contribution in [2.24, 2.45) is 0 Å². The van der Waals surface area contributed by atoms with Crippen LogP contribution in [0.2, 0.25) is 0 Å². The van der Waals surface area contributed by atoms with Crippen LogP contribution in [0.5, 0.6) is 0 Å². The molecule has 1 atom stereocenters. The first-order valence-electron chi connectivity index (χ1n) is 10.6. The number of hydrogen-bond donors (Lipinski definition) is 1. The molecule has 33 heavy (non-hydrogen) atoms. The lowest BCUT2D eigenvalue weighted by atomic mass is 9.73. The van der Waals surface area contributed by atoms with E-state index in [-0.39, 0.29) is 23.2 Å². The van der Waals surface area contributed by atoms with Crippen LogP contribution in [0.15, 0.2) is 54.6 Å². The molecule has 4 rings (SSSR count). The lowest BCUT2D eigenvalue weighted by molar-refractivity contribution is -0.192. The zero-order valence-corrected chi connectivity index (χ0v) is 18.2. The van der Waals surface area contributed by atoms with Gasteiger partial charge in [-0.25, -0.2) is 9.18 Å². The van der Waals surface area contributed by atoms with Gasteiger partial charge in [-0.2, -0.15) is 13.2 Å². The summed E-state index contributed by atoms with van der Waals surface area (Å²) in [5.74, 6) is -2.42. The fraction of sp³-hybridized carbons (Fsp3) is 0.417. The number of hydrogen-bond acceptors (Lipinski definition) is 3. The number of piperidine rings is 1. The third-order valence-corrected chi connectivity index (χ3v) is 6.56. The summed E-state index contributed by atoms with van der Waals surface area (Å²) in [4.78, 5) is 25.8. The second-order valence-corrected chi connectivity index (χ2v) is 8.43. The fourth-order valence-electron chi connectivity index (χ4n) is 4.73. The molecule has 9 heteroatoms. The highest BCUT2D eigenvalue weighted by molar-refractivity contribution is 5.81. The lowest BCUT2D eigenvalue weighted by Crippen LogP contribution is -2.53. The molecule has 2 aromatic carbocycles. The molecule has 0 bridgehead atoms. The maximum atomic E-state index is 13.1. The van der Waals surface area contributed by atoms with E-state index in [9.17, 15) is 22.4 Å². The summed E-state index contributed by atoms with van der Waals surface area (Å²) in [6.45, 7) is 2.75.